The van der Waals surface area contributed by atoms with E-state index >= 15 is 0 Å². The number of aryl methyl sites for hydroxylation is 1. The molecular formula is C15H22FN5. The van der Waals surface area contributed by atoms with E-state index in [1.807, 2.05) is 6.20 Å². The van der Waals surface area contributed by atoms with Crippen LogP contribution in [0.1, 0.15) is 50.0 Å². The van der Waals surface area contributed by atoms with E-state index < -0.39 is 6.67 Å². The fourth-order valence-electron chi connectivity index (χ4n) is 2.47. The minimum Gasteiger partial charge on any atom is -0.377 e. The summed E-state index contributed by atoms with van der Waals surface area (Å²) in [5, 5.41) is 12.2. The largest absolute Gasteiger partial charge is 0.377 e. The highest BCUT2D eigenvalue weighted by Gasteiger charge is 2.27. The van der Waals surface area contributed by atoms with Gasteiger partial charge in [-0.2, -0.15) is 10.2 Å². The predicted molar refractivity (Wildman–Crippen MR) is 80.1 cm³/mol. The number of hydrogen-bond acceptors (Lipinski definition) is 3. The summed E-state index contributed by atoms with van der Waals surface area (Å²) < 4.78 is 16.0. The van der Waals surface area contributed by atoms with Gasteiger partial charge in [-0.3, -0.25) is 9.36 Å². The molecule has 1 N–H and O–H groups in total. The van der Waals surface area contributed by atoms with Crippen LogP contribution in [0.25, 0.3) is 0 Å². The van der Waals surface area contributed by atoms with Gasteiger partial charge in [0.1, 0.15) is 6.67 Å². The number of nitrogens with one attached hydrogen (secondary N) is 1. The van der Waals surface area contributed by atoms with Crippen LogP contribution in [-0.2, 0) is 13.1 Å². The molecule has 6 heteroatoms. The number of nitrogens with zero attached hydrogens (tertiary/aromatic N) is 4. The summed E-state index contributed by atoms with van der Waals surface area (Å²) in [4.78, 5) is 0. The van der Waals surface area contributed by atoms with Gasteiger partial charge in [-0.1, -0.05) is 0 Å². The smallest absolute Gasteiger partial charge is 0.109 e. The van der Waals surface area contributed by atoms with Crippen LogP contribution in [0.3, 0.4) is 0 Å². The van der Waals surface area contributed by atoms with Gasteiger partial charge in [0.15, 0.2) is 0 Å². The SMILES string of the molecule is CC(C)n1nc(C2CC2)cc1CNc1cnn(CCF)c1. The fourth-order valence-corrected chi connectivity index (χ4v) is 2.47. The number of rotatable bonds is 7. The number of aromatic nitrogens is 4. The Balaban J connectivity index is 1.68. The van der Waals surface area contributed by atoms with E-state index in [2.05, 4.69) is 35.0 Å². The molecule has 1 saturated carbocycles. The first-order chi connectivity index (χ1) is 10.2. The van der Waals surface area contributed by atoms with E-state index in [4.69, 9.17) is 5.10 Å². The third-order valence-corrected chi connectivity index (χ3v) is 3.74. The molecule has 0 aromatic carbocycles. The maximum atomic E-state index is 12.3. The van der Waals surface area contributed by atoms with Crippen molar-refractivity contribution in [2.75, 3.05) is 12.0 Å². The molecule has 2 heterocycles. The van der Waals surface area contributed by atoms with Crippen molar-refractivity contribution in [3.8, 4) is 0 Å². The average molecular weight is 291 g/mol. The van der Waals surface area contributed by atoms with Crippen molar-refractivity contribution in [2.45, 2.75) is 51.7 Å². The molecule has 0 spiro atoms. The summed E-state index contributed by atoms with van der Waals surface area (Å²) in [5.74, 6) is 0.663. The molecule has 114 valence electrons. The normalized spacial score (nSPS) is 14.9. The lowest BCUT2D eigenvalue weighted by atomic mass is 10.2. The maximum Gasteiger partial charge on any atom is 0.109 e. The second-order valence-electron chi connectivity index (χ2n) is 5.91. The van der Waals surface area contributed by atoms with Gasteiger partial charge in [-0.25, -0.2) is 4.39 Å². The van der Waals surface area contributed by atoms with Gasteiger partial charge in [0, 0.05) is 18.2 Å². The van der Waals surface area contributed by atoms with Crippen LogP contribution in [0.4, 0.5) is 10.1 Å². The first kappa shape index (κ1) is 14.1. The van der Waals surface area contributed by atoms with Crippen molar-refractivity contribution < 1.29 is 4.39 Å². The van der Waals surface area contributed by atoms with E-state index in [1.165, 1.54) is 24.2 Å². The predicted octanol–water partition coefficient (Wildman–Crippen LogP) is 3.12. The molecule has 0 bridgehead atoms. The zero-order valence-electron chi connectivity index (χ0n) is 12.6. The van der Waals surface area contributed by atoms with Crippen molar-refractivity contribution in [1.29, 1.82) is 0 Å². The number of anilines is 1. The fraction of sp³-hybridized carbons (Fsp3) is 0.600. The Hall–Kier alpha value is -1.85. The van der Waals surface area contributed by atoms with Crippen LogP contribution >= 0.6 is 0 Å². The van der Waals surface area contributed by atoms with E-state index in [0.29, 0.717) is 25.0 Å². The van der Waals surface area contributed by atoms with Crippen LogP contribution in [0.2, 0.25) is 0 Å². The second-order valence-corrected chi connectivity index (χ2v) is 5.91. The molecule has 3 rings (SSSR count). The molecule has 0 aliphatic heterocycles. The number of hydrogen-bond donors (Lipinski definition) is 1. The molecule has 5 nitrogen and oxygen atoms in total. The number of alkyl halides is 1. The first-order valence-electron chi connectivity index (χ1n) is 7.58. The molecule has 0 unspecified atom stereocenters. The molecule has 2 aromatic rings. The Kier molecular flexibility index (Phi) is 3.94. The lowest BCUT2D eigenvalue weighted by molar-refractivity contribution is 0.427. The summed E-state index contributed by atoms with van der Waals surface area (Å²) in [5.41, 5.74) is 3.31. The van der Waals surface area contributed by atoms with Crippen LogP contribution in [0.15, 0.2) is 18.5 Å². The van der Waals surface area contributed by atoms with Gasteiger partial charge >= 0.3 is 0 Å². The van der Waals surface area contributed by atoms with Gasteiger partial charge < -0.3 is 5.32 Å². The van der Waals surface area contributed by atoms with E-state index in [1.54, 1.807) is 10.9 Å². The number of halogens is 1. The Bertz CT molecular complexity index is 597. The van der Waals surface area contributed by atoms with Crippen molar-refractivity contribution in [3.05, 3.63) is 29.8 Å². The molecule has 0 amide bonds. The van der Waals surface area contributed by atoms with Crippen LogP contribution in [0, 0.1) is 0 Å². The summed E-state index contributed by atoms with van der Waals surface area (Å²) >= 11 is 0. The van der Waals surface area contributed by atoms with Crippen molar-refractivity contribution in [1.82, 2.24) is 19.6 Å². The van der Waals surface area contributed by atoms with Gasteiger partial charge in [-0.05, 0) is 32.8 Å². The Morgan fingerprint density at radius 1 is 1.43 bits per heavy atom. The molecule has 2 aromatic heterocycles. The molecular weight excluding hydrogens is 269 g/mol. The molecule has 1 aliphatic rings. The third kappa shape index (κ3) is 3.25. The van der Waals surface area contributed by atoms with Crippen LogP contribution < -0.4 is 5.32 Å². The standard InChI is InChI=1S/C15H22FN5/c1-11(2)21-14(7-15(19-21)12-3-4-12)9-17-13-8-18-20(10-13)6-5-16/h7-8,10-12,17H,3-6,9H2,1-2H3. The second kappa shape index (κ2) is 5.87. The summed E-state index contributed by atoms with van der Waals surface area (Å²) in [6.07, 6.45) is 6.08. The van der Waals surface area contributed by atoms with Gasteiger partial charge in [0.25, 0.3) is 0 Å². The van der Waals surface area contributed by atoms with Crippen molar-refractivity contribution in [3.63, 3.8) is 0 Å². The maximum absolute atomic E-state index is 12.3. The van der Waals surface area contributed by atoms with Crippen LogP contribution in [0.5, 0.6) is 0 Å². The average Bonchev–Trinajstić information content (AvgIpc) is 3.06. The summed E-state index contributed by atoms with van der Waals surface area (Å²) in [6, 6.07) is 2.56. The highest BCUT2D eigenvalue weighted by molar-refractivity contribution is 5.38. The summed E-state index contributed by atoms with van der Waals surface area (Å²) in [6.45, 7) is 4.90. The molecule has 1 aliphatic carbocycles. The van der Waals surface area contributed by atoms with E-state index in [9.17, 15) is 4.39 Å². The minimum absolute atomic E-state index is 0.303. The van der Waals surface area contributed by atoms with Crippen LogP contribution in [-0.4, -0.2) is 26.2 Å². The topological polar surface area (TPSA) is 47.7 Å². The van der Waals surface area contributed by atoms with Crippen molar-refractivity contribution >= 4 is 5.69 Å². The Morgan fingerprint density at radius 2 is 2.24 bits per heavy atom. The Morgan fingerprint density at radius 3 is 2.90 bits per heavy atom. The summed E-state index contributed by atoms with van der Waals surface area (Å²) in [7, 11) is 0. The first-order valence-corrected chi connectivity index (χ1v) is 7.58. The lowest BCUT2D eigenvalue weighted by Crippen LogP contribution is -2.11. The monoisotopic (exact) mass is 291 g/mol. The van der Waals surface area contributed by atoms with Crippen molar-refractivity contribution in [2.24, 2.45) is 0 Å². The third-order valence-electron chi connectivity index (χ3n) is 3.74. The lowest BCUT2D eigenvalue weighted by Gasteiger charge is -2.11. The molecule has 21 heavy (non-hydrogen) atoms. The van der Waals surface area contributed by atoms with E-state index in [0.717, 1.165) is 5.69 Å². The highest BCUT2D eigenvalue weighted by Crippen LogP contribution is 2.39. The molecule has 0 atom stereocenters. The van der Waals surface area contributed by atoms with E-state index in [-0.39, 0.29) is 0 Å². The van der Waals surface area contributed by atoms with Gasteiger partial charge in [0.2, 0.25) is 0 Å². The molecule has 1 fully saturated rings. The minimum atomic E-state index is -0.397. The molecule has 0 saturated heterocycles. The van der Waals surface area contributed by atoms with Gasteiger partial charge in [-0.15, -0.1) is 0 Å². The van der Waals surface area contributed by atoms with Gasteiger partial charge in [0.05, 0.1) is 36.4 Å². The zero-order valence-corrected chi connectivity index (χ0v) is 12.6. The molecule has 0 radical (unpaired) electrons. The zero-order chi connectivity index (χ0) is 14.8. The Labute approximate surface area is 124 Å². The quantitative estimate of drug-likeness (QED) is 0.852. The highest BCUT2D eigenvalue weighted by atomic mass is 19.1.